The van der Waals surface area contributed by atoms with E-state index in [1.54, 1.807) is 17.8 Å². The van der Waals surface area contributed by atoms with E-state index in [1.807, 2.05) is 28.8 Å². The van der Waals surface area contributed by atoms with Gasteiger partial charge in [0.15, 0.2) is 11.5 Å². The Morgan fingerprint density at radius 1 is 1.27 bits per heavy atom. The molecule has 26 heavy (non-hydrogen) atoms. The van der Waals surface area contributed by atoms with Crippen molar-refractivity contribution in [3.63, 3.8) is 0 Å². The Balaban J connectivity index is 1.70. The highest BCUT2D eigenvalue weighted by Crippen LogP contribution is 2.39. The predicted octanol–water partition coefficient (Wildman–Crippen LogP) is 4.33. The van der Waals surface area contributed by atoms with E-state index in [2.05, 4.69) is 31.2 Å². The minimum Gasteiger partial charge on any atom is -0.504 e. The van der Waals surface area contributed by atoms with Crippen molar-refractivity contribution in [1.82, 2.24) is 4.90 Å². The van der Waals surface area contributed by atoms with Crippen molar-refractivity contribution in [2.24, 2.45) is 0 Å². The molecule has 1 N–H and O–H groups in total. The lowest BCUT2D eigenvalue weighted by atomic mass is 10.1. The summed E-state index contributed by atoms with van der Waals surface area (Å²) >= 11 is 3.50. The zero-order chi connectivity index (χ0) is 18.5. The standard InChI is InChI=1S/C20H23NO3S2/c1-3-25-16-7-5-15(6-8-16)20-21(19(23)13-26-20)11-10-14-4-9-17(22)18(12-14)24-2/h4-9,12,20,22H,3,10-11,13H2,1-2H3. The van der Waals surface area contributed by atoms with Crippen LogP contribution in [0.15, 0.2) is 47.4 Å². The maximum Gasteiger partial charge on any atom is 0.233 e. The Kier molecular flexibility index (Phi) is 6.38. The van der Waals surface area contributed by atoms with Gasteiger partial charge in [0.25, 0.3) is 0 Å². The van der Waals surface area contributed by atoms with Crippen molar-refractivity contribution in [2.75, 3.05) is 25.2 Å². The van der Waals surface area contributed by atoms with Gasteiger partial charge >= 0.3 is 0 Å². The number of hydrogen-bond acceptors (Lipinski definition) is 5. The number of methoxy groups -OCH3 is 1. The number of rotatable bonds is 7. The Morgan fingerprint density at radius 2 is 2.04 bits per heavy atom. The highest BCUT2D eigenvalue weighted by Gasteiger charge is 2.32. The largest absolute Gasteiger partial charge is 0.504 e. The Bertz CT molecular complexity index is 764. The predicted molar refractivity (Wildman–Crippen MR) is 108 cm³/mol. The van der Waals surface area contributed by atoms with Crippen molar-refractivity contribution in [1.29, 1.82) is 0 Å². The van der Waals surface area contributed by atoms with E-state index >= 15 is 0 Å². The molecular formula is C20H23NO3S2. The lowest BCUT2D eigenvalue weighted by molar-refractivity contribution is -0.128. The zero-order valence-corrected chi connectivity index (χ0v) is 16.6. The summed E-state index contributed by atoms with van der Waals surface area (Å²) in [6, 6.07) is 13.9. The number of phenols is 1. The fraction of sp³-hybridized carbons (Fsp3) is 0.350. The first-order valence-electron chi connectivity index (χ1n) is 8.62. The maximum absolute atomic E-state index is 12.4. The van der Waals surface area contributed by atoms with Gasteiger partial charge in [0.1, 0.15) is 5.37 Å². The van der Waals surface area contributed by atoms with Crippen LogP contribution in [0.25, 0.3) is 0 Å². The normalized spacial score (nSPS) is 16.9. The van der Waals surface area contributed by atoms with Gasteiger partial charge in [0.05, 0.1) is 12.9 Å². The third-order valence-corrected chi connectivity index (χ3v) is 6.48. The number of amides is 1. The lowest BCUT2D eigenvalue weighted by Crippen LogP contribution is -2.30. The lowest BCUT2D eigenvalue weighted by Gasteiger charge is -2.24. The molecule has 1 aliphatic heterocycles. The highest BCUT2D eigenvalue weighted by atomic mass is 32.2. The van der Waals surface area contributed by atoms with Crippen molar-refractivity contribution in [2.45, 2.75) is 23.6 Å². The van der Waals surface area contributed by atoms with Gasteiger partial charge in [-0.15, -0.1) is 23.5 Å². The fourth-order valence-electron chi connectivity index (χ4n) is 2.99. The maximum atomic E-state index is 12.4. The minimum absolute atomic E-state index is 0.0715. The van der Waals surface area contributed by atoms with Gasteiger partial charge in [-0.25, -0.2) is 0 Å². The average molecular weight is 390 g/mol. The monoisotopic (exact) mass is 389 g/mol. The van der Waals surface area contributed by atoms with E-state index in [1.165, 1.54) is 17.6 Å². The van der Waals surface area contributed by atoms with Crippen molar-refractivity contribution in [3.8, 4) is 11.5 Å². The van der Waals surface area contributed by atoms with Crippen molar-refractivity contribution >= 4 is 29.4 Å². The first kappa shape index (κ1) is 19.0. The van der Waals surface area contributed by atoms with E-state index in [4.69, 9.17) is 4.74 Å². The quantitative estimate of drug-likeness (QED) is 0.714. The number of ether oxygens (including phenoxy) is 1. The minimum atomic E-state index is 0.0715. The molecule has 4 nitrogen and oxygen atoms in total. The van der Waals surface area contributed by atoms with Crippen molar-refractivity contribution < 1.29 is 14.6 Å². The van der Waals surface area contributed by atoms with Gasteiger partial charge in [0, 0.05) is 11.4 Å². The molecule has 0 aromatic heterocycles. The van der Waals surface area contributed by atoms with Crippen LogP contribution in [0.5, 0.6) is 11.5 Å². The first-order chi connectivity index (χ1) is 12.6. The second kappa shape index (κ2) is 8.73. The Labute approximate surface area is 162 Å². The first-order valence-corrected chi connectivity index (χ1v) is 10.7. The summed E-state index contributed by atoms with van der Waals surface area (Å²) in [6.45, 7) is 2.79. The van der Waals surface area contributed by atoms with Gasteiger partial charge in [-0.3, -0.25) is 4.79 Å². The number of benzene rings is 2. The molecule has 0 bridgehead atoms. The van der Waals surface area contributed by atoms with Crippen LogP contribution in [-0.4, -0.2) is 41.1 Å². The van der Waals surface area contributed by atoms with E-state index in [0.29, 0.717) is 18.0 Å². The Morgan fingerprint density at radius 3 is 2.73 bits per heavy atom. The number of aromatic hydroxyl groups is 1. The molecule has 1 saturated heterocycles. The van der Waals surface area contributed by atoms with Crippen molar-refractivity contribution in [3.05, 3.63) is 53.6 Å². The smallest absolute Gasteiger partial charge is 0.233 e. The van der Waals surface area contributed by atoms with Gasteiger partial charge in [0.2, 0.25) is 5.91 Å². The second-order valence-electron chi connectivity index (χ2n) is 6.01. The molecule has 1 unspecified atom stereocenters. The zero-order valence-electron chi connectivity index (χ0n) is 15.0. The van der Waals surface area contributed by atoms with Gasteiger partial charge < -0.3 is 14.7 Å². The topological polar surface area (TPSA) is 49.8 Å². The number of carbonyl (C=O) groups excluding carboxylic acids is 1. The second-order valence-corrected chi connectivity index (χ2v) is 8.41. The molecule has 0 aliphatic carbocycles. The van der Waals surface area contributed by atoms with Crippen LogP contribution >= 0.6 is 23.5 Å². The van der Waals surface area contributed by atoms with E-state index in [-0.39, 0.29) is 17.0 Å². The van der Waals surface area contributed by atoms with Crippen LogP contribution < -0.4 is 4.74 Å². The summed E-state index contributed by atoms with van der Waals surface area (Å²) < 4.78 is 5.16. The summed E-state index contributed by atoms with van der Waals surface area (Å²) in [7, 11) is 1.54. The molecule has 6 heteroatoms. The van der Waals surface area contributed by atoms with Crippen LogP contribution in [0.3, 0.4) is 0 Å². The van der Waals surface area contributed by atoms with Crippen LogP contribution in [0, 0.1) is 0 Å². The fourth-order valence-corrected chi connectivity index (χ4v) is 4.88. The molecule has 138 valence electrons. The summed E-state index contributed by atoms with van der Waals surface area (Å²) in [5.41, 5.74) is 2.21. The summed E-state index contributed by atoms with van der Waals surface area (Å²) in [5.74, 6) is 2.35. The van der Waals surface area contributed by atoms with E-state index < -0.39 is 0 Å². The van der Waals surface area contributed by atoms with Crippen LogP contribution in [0.1, 0.15) is 23.4 Å². The molecule has 1 fully saturated rings. The molecule has 2 aromatic carbocycles. The molecule has 1 atom stereocenters. The molecule has 3 rings (SSSR count). The molecule has 1 amide bonds. The van der Waals surface area contributed by atoms with Crippen LogP contribution in [-0.2, 0) is 11.2 Å². The number of hydrogen-bond donors (Lipinski definition) is 1. The molecule has 2 aromatic rings. The molecular weight excluding hydrogens is 366 g/mol. The summed E-state index contributed by atoms with van der Waals surface area (Å²) in [6.07, 6.45) is 0.725. The van der Waals surface area contributed by atoms with Crippen LogP contribution in [0.4, 0.5) is 0 Å². The molecule has 1 aliphatic rings. The number of thioether (sulfide) groups is 2. The number of nitrogens with zero attached hydrogens (tertiary/aromatic N) is 1. The summed E-state index contributed by atoms with van der Waals surface area (Å²) in [4.78, 5) is 15.6. The van der Waals surface area contributed by atoms with E-state index in [0.717, 1.165) is 17.7 Å². The average Bonchev–Trinajstić information content (AvgIpc) is 3.02. The molecule has 0 spiro atoms. The van der Waals surface area contributed by atoms with Gasteiger partial charge in [-0.05, 0) is 47.6 Å². The van der Waals surface area contributed by atoms with Crippen LogP contribution in [0.2, 0.25) is 0 Å². The number of carbonyl (C=O) groups is 1. The third-order valence-electron chi connectivity index (χ3n) is 4.33. The van der Waals surface area contributed by atoms with E-state index in [9.17, 15) is 9.90 Å². The molecule has 0 saturated carbocycles. The Hall–Kier alpha value is -1.79. The summed E-state index contributed by atoms with van der Waals surface area (Å²) in [5, 5.41) is 9.78. The molecule has 1 heterocycles. The van der Waals surface area contributed by atoms with Gasteiger partial charge in [-0.1, -0.05) is 25.1 Å². The van der Waals surface area contributed by atoms with Gasteiger partial charge in [-0.2, -0.15) is 0 Å². The highest BCUT2D eigenvalue weighted by molar-refractivity contribution is 8.00. The molecule has 0 radical (unpaired) electrons. The SMILES string of the molecule is CCSc1ccc(C2SCC(=O)N2CCc2ccc(O)c(OC)c2)cc1. The number of phenolic OH excluding ortho intramolecular Hbond substituents is 1. The third kappa shape index (κ3) is 4.30.